The molecule has 84 valence electrons. The third-order valence-electron chi connectivity index (χ3n) is 1.94. The van der Waals surface area contributed by atoms with Crippen LogP contribution in [0.5, 0.6) is 0 Å². The van der Waals surface area contributed by atoms with E-state index < -0.39 is 0 Å². The molecule has 2 heterocycles. The maximum atomic E-state index is 5.63. The lowest BCUT2D eigenvalue weighted by molar-refractivity contribution is 0.883. The molecule has 6 heteroatoms. The van der Waals surface area contributed by atoms with Crippen molar-refractivity contribution in [2.45, 2.75) is 12.8 Å². The van der Waals surface area contributed by atoms with E-state index in [0.29, 0.717) is 5.88 Å². The minimum Gasteiger partial charge on any atom is -0.252 e. The SMILES string of the molecule is ClCCCc1nnc(-c2ccc(Br)cn2)s1. The van der Waals surface area contributed by atoms with Crippen LogP contribution in [0.4, 0.5) is 0 Å². The molecule has 0 N–H and O–H groups in total. The highest BCUT2D eigenvalue weighted by atomic mass is 79.9. The van der Waals surface area contributed by atoms with Crippen LogP contribution in [0, 0.1) is 0 Å². The molecule has 0 saturated heterocycles. The molecule has 0 amide bonds. The van der Waals surface area contributed by atoms with Crippen LogP contribution in [-0.2, 0) is 6.42 Å². The van der Waals surface area contributed by atoms with Crippen LogP contribution in [0.15, 0.2) is 22.8 Å². The van der Waals surface area contributed by atoms with Gasteiger partial charge in [-0.3, -0.25) is 4.98 Å². The molecule has 0 fully saturated rings. The van der Waals surface area contributed by atoms with Crippen molar-refractivity contribution < 1.29 is 0 Å². The summed E-state index contributed by atoms with van der Waals surface area (Å²) in [5.74, 6) is 0.658. The lowest BCUT2D eigenvalue weighted by Gasteiger charge is -1.93. The summed E-state index contributed by atoms with van der Waals surface area (Å²) in [7, 11) is 0. The molecule has 0 aliphatic heterocycles. The Hall–Kier alpha value is -0.520. The Labute approximate surface area is 111 Å². The lowest BCUT2D eigenvalue weighted by atomic mass is 10.4. The molecule has 0 spiro atoms. The van der Waals surface area contributed by atoms with Crippen LogP contribution in [0.3, 0.4) is 0 Å². The fourth-order valence-corrected chi connectivity index (χ4v) is 2.40. The van der Waals surface area contributed by atoms with Crippen LogP contribution in [0.1, 0.15) is 11.4 Å². The average molecular weight is 319 g/mol. The smallest absolute Gasteiger partial charge is 0.166 e. The summed E-state index contributed by atoms with van der Waals surface area (Å²) in [4.78, 5) is 4.28. The summed E-state index contributed by atoms with van der Waals surface area (Å²) in [5.41, 5.74) is 0.859. The van der Waals surface area contributed by atoms with E-state index in [1.807, 2.05) is 12.1 Å². The van der Waals surface area contributed by atoms with Crippen molar-refractivity contribution in [2.75, 3.05) is 5.88 Å². The molecule has 2 rings (SSSR count). The van der Waals surface area contributed by atoms with E-state index in [9.17, 15) is 0 Å². The van der Waals surface area contributed by atoms with Gasteiger partial charge in [0.2, 0.25) is 0 Å². The van der Waals surface area contributed by atoms with Crippen molar-refractivity contribution in [1.29, 1.82) is 0 Å². The van der Waals surface area contributed by atoms with E-state index in [1.54, 1.807) is 17.5 Å². The molecule has 2 aromatic rings. The molecule has 0 aromatic carbocycles. The van der Waals surface area contributed by atoms with Crippen molar-refractivity contribution in [3.05, 3.63) is 27.8 Å². The maximum absolute atomic E-state index is 5.63. The number of aromatic nitrogens is 3. The molecule has 0 unspecified atom stereocenters. The summed E-state index contributed by atoms with van der Waals surface area (Å²) < 4.78 is 0.961. The van der Waals surface area contributed by atoms with Crippen LogP contribution in [-0.4, -0.2) is 21.1 Å². The maximum Gasteiger partial charge on any atom is 0.166 e. The predicted molar refractivity (Wildman–Crippen MR) is 69.9 cm³/mol. The Bertz CT molecular complexity index is 457. The van der Waals surface area contributed by atoms with E-state index in [2.05, 4.69) is 31.1 Å². The van der Waals surface area contributed by atoms with Gasteiger partial charge in [-0.1, -0.05) is 11.3 Å². The van der Waals surface area contributed by atoms with Gasteiger partial charge in [0.15, 0.2) is 5.01 Å². The molecule has 0 atom stereocenters. The highest BCUT2D eigenvalue weighted by molar-refractivity contribution is 9.10. The summed E-state index contributed by atoms with van der Waals surface area (Å²) >= 11 is 10.6. The van der Waals surface area contributed by atoms with Gasteiger partial charge in [-0.25, -0.2) is 0 Å². The summed E-state index contributed by atoms with van der Waals surface area (Å²) in [6.07, 6.45) is 3.58. The van der Waals surface area contributed by atoms with Gasteiger partial charge >= 0.3 is 0 Å². The fraction of sp³-hybridized carbons (Fsp3) is 0.300. The molecular weight excluding hydrogens is 310 g/mol. The Morgan fingerprint density at radius 3 is 2.88 bits per heavy atom. The standard InChI is InChI=1S/C10H9BrClN3S/c11-7-3-4-8(13-6-7)10-15-14-9(16-10)2-1-5-12/h3-4,6H,1-2,5H2. The first-order valence-electron chi connectivity index (χ1n) is 4.80. The zero-order chi connectivity index (χ0) is 11.4. The first-order chi connectivity index (χ1) is 7.79. The van der Waals surface area contributed by atoms with Crippen molar-refractivity contribution in [3.8, 4) is 10.7 Å². The molecule has 0 aliphatic carbocycles. The Morgan fingerprint density at radius 1 is 1.31 bits per heavy atom. The van der Waals surface area contributed by atoms with Crippen molar-refractivity contribution in [2.24, 2.45) is 0 Å². The van der Waals surface area contributed by atoms with Crippen molar-refractivity contribution in [3.63, 3.8) is 0 Å². The Balaban J connectivity index is 2.15. The minimum atomic E-state index is 0.658. The van der Waals surface area contributed by atoms with Gasteiger partial charge in [-0.05, 0) is 34.5 Å². The summed E-state index contributed by atoms with van der Waals surface area (Å²) in [6, 6.07) is 3.87. The largest absolute Gasteiger partial charge is 0.252 e. The van der Waals surface area contributed by atoms with E-state index in [0.717, 1.165) is 33.0 Å². The molecule has 3 nitrogen and oxygen atoms in total. The van der Waals surface area contributed by atoms with Crippen molar-refractivity contribution >= 4 is 38.9 Å². The van der Waals surface area contributed by atoms with Gasteiger partial charge in [0.05, 0.1) is 0 Å². The Kier molecular flexibility index (Phi) is 4.26. The molecule has 0 aliphatic rings. The third kappa shape index (κ3) is 2.99. The zero-order valence-electron chi connectivity index (χ0n) is 8.36. The van der Waals surface area contributed by atoms with Gasteiger partial charge < -0.3 is 0 Å². The van der Waals surface area contributed by atoms with Gasteiger partial charge in [0.1, 0.15) is 10.7 Å². The fourth-order valence-electron chi connectivity index (χ4n) is 1.18. The van der Waals surface area contributed by atoms with E-state index in [4.69, 9.17) is 11.6 Å². The molecule has 2 aromatic heterocycles. The normalized spacial score (nSPS) is 10.6. The van der Waals surface area contributed by atoms with Crippen molar-refractivity contribution in [1.82, 2.24) is 15.2 Å². The molecule has 0 bridgehead atoms. The lowest BCUT2D eigenvalue weighted by Crippen LogP contribution is -1.84. The number of rotatable bonds is 4. The predicted octanol–water partition coefficient (Wildman–Crippen LogP) is 3.53. The monoisotopic (exact) mass is 317 g/mol. The van der Waals surface area contributed by atoms with Gasteiger partial charge in [0.25, 0.3) is 0 Å². The zero-order valence-corrected chi connectivity index (χ0v) is 11.5. The second-order valence-electron chi connectivity index (χ2n) is 3.16. The summed E-state index contributed by atoms with van der Waals surface area (Å²) in [6.45, 7) is 0. The quantitative estimate of drug-likeness (QED) is 0.809. The average Bonchev–Trinajstić information content (AvgIpc) is 2.76. The van der Waals surface area contributed by atoms with Gasteiger partial charge in [0, 0.05) is 23.0 Å². The second kappa shape index (κ2) is 5.70. The van der Waals surface area contributed by atoms with E-state index in [-0.39, 0.29) is 0 Å². The van der Waals surface area contributed by atoms with E-state index in [1.165, 1.54) is 0 Å². The molecule has 0 radical (unpaired) electrons. The van der Waals surface area contributed by atoms with E-state index >= 15 is 0 Å². The number of hydrogen-bond donors (Lipinski definition) is 0. The second-order valence-corrected chi connectivity index (χ2v) is 5.51. The van der Waals surface area contributed by atoms with Crippen LogP contribution < -0.4 is 0 Å². The first-order valence-corrected chi connectivity index (χ1v) is 6.94. The first kappa shape index (κ1) is 12.0. The van der Waals surface area contributed by atoms with Gasteiger partial charge in [-0.2, -0.15) is 0 Å². The topological polar surface area (TPSA) is 38.7 Å². The van der Waals surface area contributed by atoms with Crippen LogP contribution in [0.2, 0.25) is 0 Å². The highest BCUT2D eigenvalue weighted by Crippen LogP contribution is 2.23. The number of nitrogens with zero attached hydrogens (tertiary/aromatic N) is 3. The van der Waals surface area contributed by atoms with Gasteiger partial charge in [-0.15, -0.1) is 21.8 Å². The number of pyridine rings is 1. The molecule has 0 saturated carbocycles. The molecule has 16 heavy (non-hydrogen) atoms. The number of aryl methyl sites for hydroxylation is 1. The highest BCUT2D eigenvalue weighted by Gasteiger charge is 2.07. The number of hydrogen-bond acceptors (Lipinski definition) is 4. The van der Waals surface area contributed by atoms with Crippen LogP contribution in [0.25, 0.3) is 10.7 Å². The third-order valence-corrected chi connectivity index (χ3v) is 3.68. The number of halogens is 2. The Morgan fingerprint density at radius 2 is 2.19 bits per heavy atom. The summed E-state index contributed by atoms with van der Waals surface area (Å²) in [5, 5.41) is 10.1. The number of alkyl halides is 1. The molecular formula is C10H9BrClN3S. The minimum absolute atomic E-state index is 0.658. The van der Waals surface area contributed by atoms with Crippen LogP contribution >= 0.6 is 38.9 Å².